The number of hydrogen-bond donors (Lipinski definition) is 1. The summed E-state index contributed by atoms with van der Waals surface area (Å²) in [6.45, 7) is 11.1. The van der Waals surface area contributed by atoms with Crippen molar-refractivity contribution in [2.75, 3.05) is 6.61 Å². The van der Waals surface area contributed by atoms with E-state index >= 15 is 0 Å². The van der Waals surface area contributed by atoms with Gasteiger partial charge < -0.3 is 19.2 Å². The van der Waals surface area contributed by atoms with Crippen molar-refractivity contribution in [3.63, 3.8) is 0 Å². The first-order valence-corrected chi connectivity index (χ1v) is 8.84. The summed E-state index contributed by atoms with van der Waals surface area (Å²) in [6, 6.07) is 14.0. The van der Waals surface area contributed by atoms with Gasteiger partial charge in [0.15, 0.2) is 0 Å². The molecule has 0 amide bonds. The number of benzene rings is 2. The number of hydrogen-bond acceptors (Lipinski definition) is 4. The van der Waals surface area contributed by atoms with E-state index in [1.807, 2.05) is 50.4 Å². The minimum absolute atomic E-state index is 0.153. The summed E-state index contributed by atoms with van der Waals surface area (Å²) in [7, 11) is 0. The first-order chi connectivity index (χ1) is 12.6. The molecule has 136 valence electrons. The molecule has 1 heterocycles. The molecule has 1 atom stereocenters. The Balaban J connectivity index is 1.68. The van der Waals surface area contributed by atoms with Gasteiger partial charge in [-0.1, -0.05) is 18.7 Å². The second-order valence-electron chi connectivity index (χ2n) is 6.36. The van der Waals surface area contributed by atoms with E-state index < -0.39 is 0 Å². The summed E-state index contributed by atoms with van der Waals surface area (Å²) < 4.78 is 17.0. The van der Waals surface area contributed by atoms with Crippen LogP contribution in [0.1, 0.15) is 37.9 Å². The van der Waals surface area contributed by atoms with Crippen LogP contribution in [0, 0.1) is 0 Å². The van der Waals surface area contributed by atoms with Gasteiger partial charge in [-0.2, -0.15) is 0 Å². The normalized spacial score (nSPS) is 12.0. The average Bonchev–Trinajstić information content (AvgIpc) is 3.04. The molecule has 1 N–H and O–H groups in total. The van der Waals surface area contributed by atoms with Crippen LogP contribution in [-0.2, 0) is 6.61 Å². The van der Waals surface area contributed by atoms with Crippen LogP contribution in [0.3, 0.4) is 0 Å². The molecule has 0 aliphatic carbocycles. The minimum atomic E-state index is 0.153. The predicted octanol–water partition coefficient (Wildman–Crippen LogP) is 5.59. The van der Waals surface area contributed by atoms with E-state index in [4.69, 9.17) is 13.9 Å². The fourth-order valence-electron chi connectivity index (χ4n) is 2.93. The van der Waals surface area contributed by atoms with Crippen molar-refractivity contribution < 1.29 is 13.9 Å². The Hall–Kier alpha value is -2.88. The van der Waals surface area contributed by atoms with Crippen molar-refractivity contribution >= 4 is 11.0 Å². The number of furan rings is 1. The standard InChI is InChI=1S/C22H25NO3/c1-5-24-18-7-9-19(10-8-18)25-13-17-6-11-20-21(14-26-22(20)12-17)16(4)23-15(2)3/h6-12,14,16,23H,2,5,13H2,1,3-4H3. The molecule has 4 nitrogen and oxygen atoms in total. The van der Waals surface area contributed by atoms with Gasteiger partial charge in [0.25, 0.3) is 0 Å². The summed E-state index contributed by atoms with van der Waals surface area (Å²) in [6.07, 6.45) is 1.81. The monoisotopic (exact) mass is 351 g/mol. The second-order valence-corrected chi connectivity index (χ2v) is 6.36. The zero-order chi connectivity index (χ0) is 18.5. The van der Waals surface area contributed by atoms with Crippen molar-refractivity contribution in [1.82, 2.24) is 5.32 Å². The Labute approximate surface area is 154 Å². The van der Waals surface area contributed by atoms with Crippen LogP contribution in [-0.4, -0.2) is 6.61 Å². The lowest BCUT2D eigenvalue weighted by Gasteiger charge is -2.13. The fourth-order valence-corrected chi connectivity index (χ4v) is 2.93. The molecule has 3 rings (SSSR count). The number of ether oxygens (including phenoxy) is 2. The molecule has 3 aromatic rings. The molecule has 0 aliphatic rings. The smallest absolute Gasteiger partial charge is 0.134 e. The molecular weight excluding hydrogens is 326 g/mol. The molecule has 26 heavy (non-hydrogen) atoms. The molecule has 0 bridgehead atoms. The zero-order valence-electron chi connectivity index (χ0n) is 15.5. The number of nitrogens with one attached hydrogen (secondary N) is 1. The Morgan fingerprint density at radius 2 is 1.81 bits per heavy atom. The van der Waals surface area contributed by atoms with Crippen molar-refractivity contribution in [3.8, 4) is 11.5 Å². The summed E-state index contributed by atoms with van der Waals surface area (Å²) >= 11 is 0. The van der Waals surface area contributed by atoms with Gasteiger partial charge in [0.2, 0.25) is 0 Å². The van der Waals surface area contributed by atoms with Gasteiger partial charge in [0.05, 0.1) is 18.9 Å². The Morgan fingerprint density at radius 3 is 2.46 bits per heavy atom. The van der Waals surface area contributed by atoms with Gasteiger partial charge in [-0.05, 0) is 56.7 Å². The van der Waals surface area contributed by atoms with E-state index in [1.54, 1.807) is 0 Å². The van der Waals surface area contributed by atoms with Gasteiger partial charge in [-0.3, -0.25) is 0 Å². The lowest BCUT2D eigenvalue weighted by molar-refractivity contribution is 0.304. The molecule has 0 saturated heterocycles. The number of rotatable bonds is 8. The third-order valence-corrected chi connectivity index (χ3v) is 4.14. The van der Waals surface area contributed by atoms with Crippen LogP contribution in [0.2, 0.25) is 0 Å². The van der Waals surface area contributed by atoms with Gasteiger partial charge in [0, 0.05) is 16.6 Å². The average molecular weight is 351 g/mol. The van der Waals surface area contributed by atoms with E-state index in [0.29, 0.717) is 13.2 Å². The number of allylic oxidation sites excluding steroid dienone is 1. The molecule has 0 aliphatic heterocycles. The zero-order valence-corrected chi connectivity index (χ0v) is 15.5. The lowest BCUT2D eigenvalue weighted by Crippen LogP contribution is -2.15. The number of fused-ring (bicyclic) bond motifs is 1. The molecule has 4 heteroatoms. The fraction of sp³-hybridized carbons (Fsp3) is 0.273. The molecular formula is C22H25NO3. The molecule has 2 aromatic carbocycles. The van der Waals surface area contributed by atoms with Crippen molar-refractivity contribution in [3.05, 3.63) is 72.1 Å². The Bertz CT molecular complexity index is 880. The van der Waals surface area contributed by atoms with Crippen molar-refractivity contribution in [2.45, 2.75) is 33.4 Å². The van der Waals surface area contributed by atoms with E-state index in [1.165, 1.54) is 0 Å². The van der Waals surface area contributed by atoms with Gasteiger partial charge in [-0.15, -0.1) is 0 Å². The first-order valence-electron chi connectivity index (χ1n) is 8.84. The van der Waals surface area contributed by atoms with Crippen LogP contribution < -0.4 is 14.8 Å². The molecule has 1 aromatic heterocycles. The van der Waals surface area contributed by atoms with Gasteiger partial charge in [0.1, 0.15) is 23.7 Å². The third-order valence-electron chi connectivity index (χ3n) is 4.14. The van der Waals surface area contributed by atoms with E-state index in [-0.39, 0.29) is 6.04 Å². The van der Waals surface area contributed by atoms with Crippen LogP contribution in [0.5, 0.6) is 11.5 Å². The maximum atomic E-state index is 5.86. The minimum Gasteiger partial charge on any atom is -0.494 e. The van der Waals surface area contributed by atoms with Crippen LogP contribution in [0.15, 0.2) is 65.4 Å². The van der Waals surface area contributed by atoms with Crippen LogP contribution in [0.25, 0.3) is 11.0 Å². The van der Waals surface area contributed by atoms with E-state index in [2.05, 4.69) is 31.0 Å². The highest BCUT2D eigenvalue weighted by molar-refractivity contribution is 5.82. The summed E-state index contributed by atoms with van der Waals surface area (Å²) in [5, 5.41) is 4.43. The van der Waals surface area contributed by atoms with Gasteiger partial charge in [-0.25, -0.2) is 0 Å². The largest absolute Gasteiger partial charge is 0.494 e. The summed E-state index contributed by atoms with van der Waals surface area (Å²) in [5.41, 5.74) is 3.99. The molecule has 0 spiro atoms. The molecule has 1 unspecified atom stereocenters. The van der Waals surface area contributed by atoms with Crippen molar-refractivity contribution in [2.24, 2.45) is 0 Å². The lowest BCUT2D eigenvalue weighted by atomic mass is 10.1. The van der Waals surface area contributed by atoms with Crippen LogP contribution >= 0.6 is 0 Å². The quantitative estimate of drug-likeness (QED) is 0.574. The highest BCUT2D eigenvalue weighted by Gasteiger charge is 2.13. The molecule has 0 fully saturated rings. The molecule has 0 radical (unpaired) electrons. The van der Waals surface area contributed by atoms with E-state index in [0.717, 1.165) is 39.3 Å². The van der Waals surface area contributed by atoms with Crippen LogP contribution in [0.4, 0.5) is 0 Å². The summed E-state index contributed by atoms with van der Waals surface area (Å²) in [4.78, 5) is 0. The van der Waals surface area contributed by atoms with Gasteiger partial charge >= 0.3 is 0 Å². The third kappa shape index (κ3) is 4.20. The maximum absolute atomic E-state index is 5.86. The maximum Gasteiger partial charge on any atom is 0.134 e. The second kappa shape index (κ2) is 8.00. The topological polar surface area (TPSA) is 43.6 Å². The Morgan fingerprint density at radius 1 is 1.12 bits per heavy atom. The summed E-state index contributed by atoms with van der Waals surface area (Å²) in [5.74, 6) is 1.66. The first kappa shape index (κ1) is 17.9. The van der Waals surface area contributed by atoms with Crippen molar-refractivity contribution in [1.29, 1.82) is 0 Å². The highest BCUT2D eigenvalue weighted by atomic mass is 16.5. The highest BCUT2D eigenvalue weighted by Crippen LogP contribution is 2.28. The Kier molecular flexibility index (Phi) is 5.52. The molecule has 0 saturated carbocycles. The SMILES string of the molecule is C=C(C)NC(C)c1coc2cc(COc3ccc(OCC)cc3)ccc12. The van der Waals surface area contributed by atoms with E-state index in [9.17, 15) is 0 Å². The predicted molar refractivity (Wildman–Crippen MR) is 105 cm³/mol.